The topological polar surface area (TPSA) is 32.3 Å². The molecule has 1 aromatic carbocycles. The van der Waals surface area contributed by atoms with E-state index in [0.717, 1.165) is 43.5 Å². The van der Waals surface area contributed by atoms with Crippen molar-refractivity contribution in [3.8, 4) is 0 Å². The van der Waals surface area contributed by atoms with E-state index < -0.39 is 0 Å². The van der Waals surface area contributed by atoms with Gasteiger partial charge in [-0.1, -0.05) is 28.1 Å². The summed E-state index contributed by atoms with van der Waals surface area (Å²) in [5.74, 6) is 0.299. The van der Waals surface area contributed by atoms with Gasteiger partial charge in [-0.3, -0.25) is 4.79 Å². The second-order valence-corrected chi connectivity index (χ2v) is 5.92. The molecule has 0 spiro atoms. The third kappa shape index (κ3) is 4.32. The second kappa shape index (κ2) is 7.06. The van der Waals surface area contributed by atoms with Crippen LogP contribution in [0, 0.1) is 6.92 Å². The van der Waals surface area contributed by atoms with Gasteiger partial charge in [0, 0.05) is 37.1 Å². The average Bonchev–Trinajstić information content (AvgIpc) is 2.43. The molecule has 1 heterocycles. The van der Waals surface area contributed by atoms with Crippen LogP contribution < -0.4 is 5.32 Å². The minimum Gasteiger partial charge on any atom is -0.340 e. The highest BCUT2D eigenvalue weighted by molar-refractivity contribution is 9.10. The van der Waals surface area contributed by atoms with Crippen LogP contribution in [0.3, 0.4) is 0 Å². The summed E-state index contributed by atoms with van der Waals surface area (Å²) in [6.45, 7) is 5.65. The van der Waals surface area contributed by atoms with Gasteiger partial charge in [-0.25, -0.2) is 0 Å². The molecule has 3 nitrogen and oxygen atoms in total. The molecule has 0 bridgehead atoms. The minimum atomic E-state index is 0.299. The molecule has 0 aromatic heterocycles. The Labute approximate surface area is 123 Å². The summed E-state index contributed by atoms with van der Waals surface area (Å²) < 4.78 is 1.15. The van der Waals surface area contributed by atoms with E-state index in [-0.39, 0.29) is 0 Å². The zero-order valence-electron chi connectivity index (χ0n) is 11.4. The molecule has 1 amide bonds. The predicted octanol–water partition coefficient (Wildman–Crippen LogP) is 2.51. The number of amides is 1. The van der Waals surface area contributed by atoms with Crippen molar-refractivity contribution in [1.29, 1.82) is 0 Å². The van der Waals surface area contributed by atoms with Crippen LogP contribution in [-0.2, 0) is 11.2 Å². The molecule has 0 aliphatic carbocycles. The zero-order valence-corrected chi connectivity index (χ0v) is 13.0. The smallest absolute Gasteiger partial charge is 0.222 e. The van der Waals surface area contributed by atoms with Gasteiger partial charge in [-0.05, 0) is 37.0 Å². The third-order valence-electron chi connectivity index (χ3n) is 3.56. The summed E-state index contributed by atoms with van der Waals surface area (Å²) in [6.07, 6.45) is 2.56. The van der Waals surface area contributed by atoms with Crippen LogP contribution in [0.1, 0.15) is 24.0 Å². The van der Waals surface area contributed by atoms with Crippen molar-refractivity contribution in [2.24, 2.45) is 0 Å². The molecule has 1 N–H and O–H groups in total. The van der Waals surface area contributed by atoms with Crippen molar-refractivity contribution in [3.05, 3.63) is 33.8 Å². The summed E-state index contributed by atoms with van der Waals surface area (Å²) >= 11 is 3.55. The van der Waals surface area contributed by atoms with E-state index in [9.17, 15) is 4.79 Å². The lowest BCUT2D eigenvalue weighted by Gasteiger charge is -2.27. The van der Waals surface area contributed by atoms with Gasteiger partial charge in [0.05, 0.1) is 0 Å². The lowest BCUT2D eigenvalue weighted by Crippen LogP contribution is -2.46. The monoisotopic (exact) mass is 324 g/mol. The van der Waals surface area contributed by atoms with E-state index in [0.29, 0.717) is 12.3 Å². The van der Waals surface area contributed by atoms with Crippen LogP contribution >= 0.6 is 15.9 Å². The molecule has 0 radical (unpaired) electrons. The standard InChI is InChI=1S/C15H21BrN2O/c1-12-5-6-13(11-14(12)16)3-2-4-15(19)18-9-7-17-8-10-18/h5-6,11,17H,2-4,7-10H2,1H3. The van der Waals surface area contributed by atoms with Gasteiger partial charge in [-0.2, -0.15) is 0 Å². The molecule has 0 atom stereocenters. The van der Waals surface area contributed by atoms with Crippen molar-refractivity contribution < 1.29 is 4.79 Å². The first-order valence-corrected chi connectivity index (χ1v) is 7.69. The van der Waals surface area contributed by atoms with E-state index in [1.54, 1.807) is 0 Å². The quantitative estimate of drug-likeness (QED) is 0.923. The van der Waals surface area contributed by atoms with Gasteiger partial charge >= 0.3 is 0 Å². The highest BCUT2D eigenvalue weighted by atomic mass is 79.9. The molecule has 2 rings (SSSR count). The van der Waals surface area contributed by atoms with Crippen LogP contribution in [0.5, 0.6) is 0 Å². The van der Waals surface area contributed by atoms with Crippen LogP contribution in [0.2, 0.25) is 0 Å². The van der Waals surface area contributed by atoms with Crippen molar-refractivity contribution in [2.75, 3.05) is 26.2 Å². The number of carbonyl (C=O) groups is 1. The second-order valence-electron chi connectivity index (χ2n) is 5.07. The number of rotatable bonds is 4. The summed E-state index contributed by atoms with van der Waals surface area (Å²) in [5.41, 5.74) is 2.55. The summed E-state index contributed by atoms with van der Waals surface area (Å²) in [7, 11) is 0. The maximum absolute atomic E-state index is 12.0. The highest BCUT2D eigenvalue weighted by Gasteiger charge is 2.15. The molecule has 104 valence electrons. The van der Waals surface area contributed by atoms with Gasteiger partial charge in [-0.15, -0.1) is 0 Å². The van der Waals surface area contributed by atoms with E-state index in [2.05, 4.69) is 46.4 Å². The molecule has 1 fully saturated rings. The molecule has 1 aromatic rings. The first kappa shape index (κ1) is 14.5. The highest BCUT2D eigenvalue weighted by Crippen LogP contribution is 2.18. The zero-order chi connectivity index (χ0) is 13.7. The van der Waals surface area contributed by atoms with E-state index in [1.165, 1.54) is 11.1 Å². The number of nitrogens with zero attached hydrogens (tertiary/aromatic N) is 1. The molecule has 1 aliphatic rings. The maximum Gasteiger partial charge on any atom is 0.222 e. The largest absolute Gasteiger partial charge is 0.340 e. The van der Waals surface area contributed by atoms with Crippen LogP contribution in [-0.4, -0.2) is 37.0 Å². The Morgan fingerprint density at radius 1 is 1.37 bits per heavy atom. The lowest BCUT2D eigenvalue weighted by atomic mass is 10.1. The molecule has 1 saturated heterocycles. The summed E-state index contributed by atoms with van der Waals surface area (Å²) in [4.78, 5) is 14.0. The first-order valence-electron chi connectivity index (χ1n) is 6.90. The molecule has 19 heavy (non-hydrogen) atoms. The Morgan fingerprint density at radius 3 is 2.79 bits per heavy atom. The average molecular weight is 325 g/mol. The Hall–Kier alpha value is -0.870. The van der Waals surface area contributed by atoms with Crippen LogP contribution in [0.15, 0.2) is 22.7 Å². The normalized spacial score (nSPS) is 15.6. The number of halogens is 1. The fourth-order valence-electron chi connectivity index (χ4n) is 2.31. The van der Waals surface area contributed by atoms with Crippen molar-refractivity contribution >= 4 is 21.8 Å². The van der Waals surface area contributed by atoms with Gasteiger partial charge in [0.1, 0.15) is 0 Å². The molecule has 0 saturated carbocycles. The number of nitrogens with one attached hydrogen (secondary N) is 1. The van der Waals surface area contributed by atoms with Gasteiger partial charge in [0.15, 0.2) is 0 Å². The van der Waals surface area contributed by atoms with Gasteiger partial charge in [0.25, 0.3) is 0 Å². The summed E-state index contributed by atoms with van der Waals surface area (Å²) in [5, 5.41) is 3.26. The maximum atomic E-state index is 12.0. The number of aryl methyl sites for hydroxylation is 2. The fraction of sp³-hybridized carbons (Fsp3) is 0.533. The van der Waals surface area contributed by atoms with Crippen molar-refractivity contribution in [1.82, 2.24) is 10.2 Å². The lowest BCUT2D eigenvalue weighted by molar-refractivity contribution is -0.131. The predicted molar refractivity (Wildman–Crippen MR) is 81.3 cm³/mol. The minimum absolute atomic E-state index is 0.299. The summed E-state index contributed by atoms with van der Waals surface area (Å²) in [6, 6.07) is 6.43. The van der Waals surface area contributed by atoms with Crippen molar-refractivity contribution in [2.45, 2.75) is 26.2 Å². The fourth-order valence-corrected chi connectivity index (χ4v) is 2.73. The first-order chi connectivity index (χ1) is 9.16. The number of piperazine rings is 1. The van der Waals surface area contributed by atoms with E-state index in [4.69, 9.17) is 0 Å². The Kier molecular flexibility index (Phi) is 5.40. The number of hydrogen-bond acceptors (Lipinski definition) is 2. The van der Waals surface area contributed by atoms with Crippen molar-refractivity contribution in [3.63, 3.8) is 0 Å². The SMILES string of the molecule is Cc1ccc(CCCC(=O)N2CCNCC2)cc1Br. The van der Waals surface area contributed by atoms with Gasteiger partial charge in [0.2, 0.25) is 5.91 Å². The van der Waals surface area contributed by atoms with Crippen LogP contribution in [0.4, 0.5) is 0 Å². The number of hydrogen-bond donors (Lipinski definition) is 1. The molecular formula is C15H21BrN2O. The van der Waals surface area contributed by atoms with Crippen LogP contribution in [0.25, 0.3) is 0 Å². The third-order valence-corrected chi connectivity index (χ3v) is 4.42. The molecule has 0 unspecified atom stereocenters. The number of benzene rings is 1. The number of carbonyl (C=O) groups excluding carboxylic acids is 1. The molecule has 1 aliphatic heterocycles. The van der Waals surface area contributed by atoms with E-state index in [1.807, 2.05) is 4.90 Å². The van der Waals surface area contributed by atoms with E-state index >= 15 is 0 Å². The Morgan fingerprint density at radius 2 is 2.11 bits per heavy atom. The molecular weight excluding hydrogens is 304 g/mol. The van der Waals surface area contributed by atoms with Gasteiger partial charge < -0.3 is 10.2 Å². The Bertz CT molecular complexity index is 442. The Balaban J connectivity index is 1.76. The molecule has 4 heteroatoms.